The summed E-state index contributed by atoms with van der Waals surface area (Å²) in [5, 5.41) is 0. The minimum Gasteiger partial charge on any atom is -0.302 e. The molecule has 134 valence electrons. The van der Waals surface area contributed by atoms with Gasteiger partial charge >= 0.3 is 0 Å². The fourth-order valence-corrected chi connectivity index (χ4v) is 3.23. The minimum atomic E-state index is -0.0264. The van der Waals surface area contributed by atoms with Gasteiger partial charge in [0.25, 0.3) is 11.1 Å². The predicted molar refractivity (Wildman–Crippen MR) is 95.5 cm³/mol. The second kappa shape index (κ2) is 7.31. The lowest BCUT2D eigenvalue weighted by molar-refractivity contribution is 0.164. The molecule has 3 rings (SSSR count). The molecule has 2 aromatic rings. The highest BCUT2D eigenvalue weighted by Gasteiger charge is 2.21. The summed E-state index contributed by atoms with van der Waals surface area (Å²) in [5.41, 5.74) is 2.39. The van der Waals surface area contributed by atoms with Crippen LogP contribution in [0.15, 0.2) is 28.3 Å². The van der Waals surface area contributed by atoms with Gasteiger partial charge in [0.05, 0.1) is 18.3 Å². The quantitative estimate of drug-likeness (QED) is 0.823. The van der Waals surface area contributed by atoms with E-state index in [1.165, 1.54) is 4.57 Å². The third-order valence-electron chi connectivity index (χ3n) is 5.10. The van der Waals surface area contributed by atoms with Crippen molar-refractivity contribution in [2.24, 2.45) is 13.0 Å². The van der Waals surface area contributed by atoms with Crippen LogP contribution in [-0.4, -0.2) is 37.1 Å². The summed E-state index contributed by atoms with van der Waals surface area (Å²) in [6.07, 6.45) is 5.30. The molecule has 1 fully saturated rings. The molecule has 1 aliphatic rings. The fourth-order valence-electron chi connectivity index (χ4n) is 3.23. The smallest absolute Gasteiger partial charge is 0.256 e. The molecule has 0 N–H and O–H groups in total. The third kappa shape index (κ3) is 4.04. The molecule has 0 aromatic carbocycles. The van der Waals surface area contributed by atoms with Gasteiger partial charge in [-0.2, -0.15) is 0 Å². The lowest BCUT2D eigenvalue weighted by Gasteiger charge is -2.31. The zero-order valence-electron chi connectivity index (χ0n) is 15.1. The molecule has 0 radical (unpaired) electrons. The first-order chi connectivity index (χ1) is 11.9. The van der Waals surface area contributed by atoms with Crippen LogP contribution in [0.2, 0.25) is 0 Å². The molecular weight excluding hydrogens is 318 g/mol. The topological polar surface area (TPSA) is 73.0 Å². The first-order valence-corrected chi connectivity index (χ1v) is 8.70. The van der Waals surface area contributed by atoms with Crippen molar-refractivity contribution in [2.45, 2.75) is 39.8 Å². The fraction of sp³-hybridized carbons (Fsp3) is 0.556. The summed E-state index contributed by atoms with van der Waals surface area (Å²) in [4.78, 5) is 34.9. The molecular formula is C18H25N5O2. The van der Waals surface area contributed by atoms with Crippen molar-refractivity contribution in [1.29, 1.82) is 0 Å². The van der Waals surface area contributed by atoms with Crippen molar-refractivity contribution in [2.75, 3.05) is 13.1 Å². The summed E-state index contributed by atoms with van der Waals surface area (Å²) in [7, 11) is 1.70. The van der Waals surface area contributed by atoms with E-state index in [4.69, 9.17) is 0 Å². The number of piperidine rings is 1. The van der Waals surface area contributed by atoms with E-state index in [0.29, 0.717) is 12.5 Å². The number of rotatable bonds is 4. The maximum absolute atomic E-state index is 12.3. The minimum absolute atomic E-state index is 0.0264. The lowest BCUT2D eigenvalue weighted by atomic mass is 9.96. The Bertz CT molecular complexity index is 863. The first kappa shape index (κ1) is 17.5. The third-order valence-corrected chi connectivity index (χ3v) is 5.10. The van der Waals surface area contributed by atoms with Crippen LogP contribution < -0.4 is 11.1 Å². The highest BCUT2D eigenvalue weighted by molar-refractivity contribution is 5.12. The Morgan fingerprint density at radius 3 is 2.52 bits per heavy atom. The molecule has 1 saturated heterocycles. The molecule has 3 heterocycles. The van der Waals surface area contributed by atoms with E-state index in [0.717, 1.165) is 49.4 Å². The van der Waals surface area contributed by atoms with Crippen molar-refractivity contribution >= 4 is 0 Å². The molecule has 0 spiro atoms. The summed E-state index contributed by atoms with van der Waals surface area (Å²) in [6, 6.07) is 1.60. The van der Waals surface area contributed by atoms with Crippen LogP contribution in [0.25, 0.3) is 0 Å². The first-order valence-electron chi connectivity index (χ1n) is 8.70. The predicted octanol–water partition coefficient (Wildman–Crippen LogP) is 0.866. The molecule has 7 nitrogen and oxygen atoms in total. The van der Waals surface area contributed by atoms with E-state index in [2.05, 4.69) is 14.9 Å². The molecule has 2 aromatic heterocycles. The van der Waals surface area contributed by atoms with Crippen molar-refractivity contribution in [3.05, 3.63) is 56.4 Å². The highest BCUT2D eigenvalue weighted by atomic mass is 16.1. The second-order valence-electron chi connectivity index (χ2n) is 6.96. The summed E-state index contributed by atoms with van der Waals surface area (Å²) < 4.78 is 3.22. The van der Waals surface area contributed by atoms with Crippen LogP contribution in [0.5, 0.6) is 0 Å². The molecule has 7 heteroatoms. The Morgan fingerprint density at radius 2 is 1.84 bits per heavy atom. The molecule has 0 amide bonds. The number of aryl methyl sites for hydroxylation is 2. The van der Waals surface area contributed by atoms with Gasteiger partial charge in [-0.3, -0.25) is 19.1 Å². The van der Waals surface area contributed by atoms with Crippen LogP contribution in [0.3, 0.4) is 0 Å². The Hall–Kier alpha value is -2.28. The van der Waals surface area contributed by atoms with Gasteiger partial charge in [-0.05, 0) is 45.7 Å². The molecule has 0 saturated carbocycles. The normalized spacial score (nSPS) is 16.3. The van der Waals surface area contributed by atoms with Gasteiger partial charge < -0.3 is 4.57 Å². The highest BCUT2D eigenvalue weighted by Crippen LogP contribution is 2.19. The van der Waals surface area contributed by atoms with Crippen molar-refractivity contribution in [3.63, 3.8) is 0 Å². The van der Waals surface area contributed by atoms with Gasteiger partial charge in [0.1, 0.15) is 0 Å². The van der Waals surface area contributed by atoms with Crippen LogP contribution in [0.4, 0.5) is 0 Å². The largest absolute Gasteiger partial charge is 0.302 e. The number of nitrogens with zero attached hydrogens (tertiary/aromatic N) is 5. The second-order valence-corrected chi connectivity index (χ2v) is 6.96. The van der Waals surface area contributed by atoms with E-state index in [1.807, 2.05) is 13.8 Å². The standard InChI is InChI=1S/C18H25N5O2/c1-13-14(2)19-12-23(18(13)25)9-15-4-6-22(7-5-15)10-16-8-17(24)21(3)11-20-16/h8,11-12,15H,4-7,9-10H2,1-3H3. The van der Waals surface area contributed by atoms with E-state index in [1.54, 1.807) is 30.3 Å². The van der Waals surface area contributed by atoms with E-state index in [-0.39, 0.29) is 11.1 Å². The van der Waals surface area contributed by atoms with E-state index in [9.17, 15) is 9.59 Å². The Morgan fingerprint density at radius 1 is 1.12 bits per heavy atom. The SMILES string of the molecule is Cc1ncn(CC2CCN(Cc3cc(=O)n(C)cn3)CC2)c(=O)c1C. The molecule has 1 aliphatic heterocycles. The van der Waals surface area contributed by atoms with Gasteiger partial charge in [-0.25, -0.2) is 9.97 Å². The Balaban J connectivity index is 1.57. The number of hydrogen-bond donors (Lipinski definition) is 0. The van der Waals surface area contributed by atoms with Crippen molar-refractivity contribution < 1.29 is 0 Å². The summed E-state index contributed by atoms with van der Waals surface area (Å²) in [6.45, 7) is 7.04. The monoisotopic (exact) mass is 343 g/mol. The van der Waals surface area contributed by atoms with Gasteiger partial charge in [0.2, 0.25) is 0 Å². The Kier molecular flexibility index (Phi) is 5.13. The number of aromatic nitrogens is 4. The average Bonchev–Trinajstić information content (AvgIpc) is 2.60. The molecule has 0 unspecified atom stereocenters. The van der Waals surface area contributed by atoms with Gasteiger partial charge in [-0.1, -0.05) is 0 Å². The number of hydrogen-bond acceptors (Lipinski definition) is 5. The van der Waals surface area contributed by atoms with Crippen molar-refractivity contribution in [3.8, 4) is 0 Å². The zero-order chi connectivity index (χ0) is 18.0. The zero-order valence-corrected chi connectivity index (χ0v) is 15.1. The summed E-state index contributed by atoms with van der Waals surface area (Å²) in [5.74, 6) is 0.481. The molecule has 25 heavy (non-hydrogen) atoms. The van der Waals surface area contributed by atoms with Crippen LogP contribution >= 0.6 is 0 Å². The van der Waals surface area contributed by atoms with Gasteiger partial charge in [0, 0.05) is 37.5 Å². The molecule has 0 atom stereocenters. The molecule has 0 aliphatic carbocycles. The molecule has 0 bridgehead atoms. The Labute approximate surface area is 147 Å². The van der Waals surface area contributed by atoms with E-state index >= 15 is 0 Å². The van der Waals surface area contributed by atoms with Crippen LogP contribution in [-0.2, 0) is 20.1 Å². The number of likely N-dealkylation sites (tertiary alicyclic amines) is 1. The maximum Gasteiger partial charge on any atom is 0.256 e. The average molecular weight is 343 g/mol. The van der Waals surface area contributed by atoms with Crippen LogP contribution in [0.1, 0.15) is 29.8 Å². The van der Waals surface area contributed by atoms with E-state index < -0.39 is 0 Å². The van der Waals surface area contributed by atoms with Gasteiger partial charge in [0.15, 0.2) is 0 Å². The maximum atomic E-state index is 12.3. The van der Waals surface area contributed by atoms with Crippen molar-refractivity contribution in [1.82, 2.24) is 24.0 Å². The van der Waals surface area contributed by atoms with Crippen LogP contribution in [0, 0.1) is 19.8 Å². The lowest BCUT2D eigenvalue weighted by Crippen LogP contribution is -2.36. The van der Waals surface area contributed by atoms with Gasteiger partial charge in [-0.15, -0.1) is 0 Å². The summed E-state index contributed by atoms with van der Waals surface area (Å²) >= 11 is 0.